The molecule has 0 amide bonds. The second-order valence-electron chi connectivity index (χ2n) is 1.12. The van der Waals surface area contributed by atoms with Gasteiger partial charge in [-0.2, -0.15) is 8.42 Å². The first-order valence-electron chi connectivity index (χ1n) is 1.75. The molecule has 0 saturated heterocycles. The molecule has 0 aromatic rings. The molecule has 0 aromatic carbocycles. The molecule has 0 radical (unpaired) electrons. The Morgan fingerprint density at radius 3 is 2.00 bits per heavy atom. The molecule has 0 aromatic heterocycles. The van der Waals surface area contributed by atoms with Crippen LogP contribution in [-0.2, 0) is 14.6 Å². The van der Waals surface area contributed by atoms with Crippen LogP contribution in [0.25, 0.3) is 0 Å². The first-order valence-corrected chi connectivity index (χ1v) is 3.12. The van der Waals surface area contributed by atoms with Crippen LogP contribution in [0.1, 0.15) is 6.92 Å². The largest absolute Gasteiger partial charge is 0.399 e. The summed E-state index contributed by atoms with van der Waals surface area (Å²) in [5.41, 5.74) is 0. The summed E-state index contributed by atoms with van der Waals surface area (Å²) in [5, 5.41) is 8.13. The minimum absolute atomic E-state index is 1.06. The average molecular weight is 142 g/mol. The highest BCUT2D eigenvalue weighted by Crippen LogP contribution is 1.89. The molecule has 0 bridgehead atoms. The number of hydrogen-bond acceptors (Lipinski definition) is 4. The predicted octanol–water partition coefficient (Wildman–Crippen LogP) is -0.856. The molecule has 8 heavy (non-hydrogen) atoms. The standard InChI is InChI=1S/C2H6O5S/c1-2(3)7-8(4,5)6/h2-3H,1H3,(H,4,5,6). The molecule has 5 nitrogen and oxygen atoms in total. The van der Waals surface area contributed by atoms with Crippen molar-refractivity contribution >= 4 is 10.4 Å². The number of aliphatic hydroxyl groups excluding tert-OH is 1. The zero-order valence-corrected chi connectivity index (χ0v) is 4.92. The van der Waals surface area contributed by atoms with Gasteiger partial charge in [0.05, 0.1) is 0 Å². The SMILES string of the molecule is CC(O)OS(=O)(=O)O. The summed E-state index contributed by atoms with van der Waals surface area (Å²) in [5.74, 6) is 0. The van der Waals surface area contributed by atoms with Gasteiger partial charge in [0.15, 0.2) is 6.29 Å². The fourth-order valence-electron chi connectivity index (χ4n) is 0.176. The van der Waals surface area contributed by atoms with E-state index in [-0.39, 0.29) is 0 Å². The Kier molecular flexibility index (Phi) is 2.35. The van der Waals surface area contributed by atoms with Crippen molar-refractivity contribution in [1.29, 1.82) is 0 Å². The lowest BCUT2D eigenvalue weighted by Crippen LogP contribution is -2.12. The Balaban J connectivity index is 3.75. The predicted molar refractivity (Wildman–Crippen MR) is 24.3 cm³/mol. The van der Waals surface area contributed by atoms with Crippen molar-refractivity contribution in [3.8, 4) is 0 Å². The molecule has 0 rings (SSSR count). The zero-order valence-electron chi connectivity index (χ0n) is 4.10. The summed E-state index contributed by atoms with van der Waals surface area (Å²) in [7, 11) is -4.47. The first kappa shape index (κ1) is 7.83. The van der Waals surface area contributed by atoms with E-state index in [9.17, 15) is 8.42 Å². The first-order chi connectivity index (χ1) is 3.42. The quantitative estimate of drug-likeness (QED) is 0.387. The topological polar surface area (TPSA) is 83.8 Å². The van der Waals surface area contributed by atoms with Gasteiger partial charge in [-0.05, 0) is 6.92 Å². The Morgan fingerprint density at radius 2 is 2.00 bits per heavy atom. The van der Waals surface area contributed by atoms with E-state index in [1.54, 1.807) is 0 Å². The van der Waals surface area contributed by atoms with E-state index in [1.807, 2.05) is 0 Å². The van der Waals surface area contributed by atoms with Gasteiger partial charge >= 0.3 is 10.4 Å². The minimum atomic E-state index is -4.47. The Labute approximate surface area is 46.8 Å². The van der Waals surface area contributed by atoms with Gasteiger partial charge < -0.3 is 5.11 Å². The van der Waals surface area contributed by atoms with Crippen molar-refractivity contribution in [2.45, 2.75) is 13.2 Å². The van der Waals surface area contributed by atoms with Crippen LogP contribution in [0.15, 0.2) is 0 Å². The lowest BCUT2D eigenvalue weighted by molar-refractivity contribution is -0.00301. The van der Waals surface area contributed by atoms with Crippen LogP contribution in [0.3, 0.4) is 0 Å². The molecular weight excluding hydrogens is 136 g/mol. The molecule has 1 atom stereocenters. The van der Waals surface area contributed by atoms with Gasteiger partial charge in [-0.15, -0.1) is 0 Å². The Bertz CT molecular complexity index is 144. The molecule has 0 aliphatic carbocycles. The van der Waals surface area contributed by atoms with E-state index >= 15 is 0 Å². The van der Waals surface area contributed by atoms with Crippen LogP contribution in [0.4, 0.5) is 0 Å². The number of rotatable bonds is 2. The van der Waals surface area contributed by atoms with Gasteiger partial charge in [-0.25, -0.2) is 4.18 Å². The van der Waals surface area contributed by atoms with Crippen molar-refractivity contribution in [2.75, 3.05) is 0 Å². The van der Waals surface area contributed by atoms with Crippen molar-refractivity contribution in [3.05, 3.63) is 0 Å². The molecule has 0 aliphatic rings. The fourth-order valence-corrected chi connectivity index (χ4v) is 0.528. The fraction of sp³-hybridized carbons (Fsp3) is 1.00. The maximum Gasteiger partial charge on any atom is 0.399 e. The van der Waals surface area contributed by atoms with Crippen molar-refractivity contribution < 1.29 is 22.3 Å². The molecule has 1 unspecified atom stereocenters. The average Bonchev–Trinajstić information content (AvgIpc) is 1.21. The maximum absolute atomic E-state index is 9.62. The highest BCUT2D eigenvalue weighted by Gasteiger charge is 2.07. The van der Waals surface area contributed by atoms with Crippen molar-refractivity contribution in [3.63, 3.8) is 0 Å². The van der Waals surface area contributed by atoms with E-state index in [0.717, 1.165) is 6.92 Å². The normalized spacial score (nSPS) is 15.9. The molecule has 0 heterocycles. The second kappa shape index (κ2) is 2.40. The Morgan fingerprint density at radius 1 is 1.62 bits per heavy atom. The van der Waals surface area contributed by atoms with E-state index in [0.29, 0.717) is 0 Å². The van der Waals surface area contributed by atoms with E-state index in [1.165, 1.54) is 0 Å². The molecule has 2 N–H and O–H groups in total. The third-order valence-corrected chi connectivity index (χ3v) is 0.783. The molecule has 0 aliphatic heterocycles. The van der Waals surface area contributed by atoms with Crippen molar-refractivity contribution in [1.82, 2.24) is 0 Å². The smallest absolute Gasteiger partial charge is 0.367 e. The van der Waals surface area contributed by atoms with Gasteiger partial charge in [0, 0.05) is 0 Å². The summed E-state index contributed by atoms with van der Waals surface area (Å²) in [6.45, 7) is 1.06. The highest BCUT2D eigenvalue weighted by atomic mass is 32.3. The third-order valence-electron chi connectivity index (χ3n) is 0.261. The Hall–Kier alpha value is -0.170. The summed E-state index contributed by atoms with van der Waals surface area (Å²) in [6, 6.07) is 0. The third kappa shape index (κ3) is 5.83. The zero-order chi connectivity index (χ0) is 6.78. The van der Waals surface area contributed by atoms with Crippen LogP contribution in [0, 0.1) is 0 Å². The van der Waals surface area contributed by atoms with E-state index < -0.39 is 16.7 Å². The lowest BCUT2D eigenvalue weighted by Gasteiger charge is -1.98. The molecule has 6 heteroatoms. The van der Waals surface area contributed by atoms with Gasteiger partial charge in [-0.1, -0.05) is 0 Å². The molecule has 50 valence electrons. The summed E-state index contributed by atoms with van der Waals surface area (Å²) < 4.78 is 30.5. The van der Waals surface area contributed by atoms with Crippen LogP contribution < -0.4 is 0 Å². The monoisotopic (exact) mass is 142 g/mol. The summed E-state index contributed by atoms with van der Waals surface area (Å²) >= 11 is 0. The number of aliphatic hydroxyl groups is 1. The molecule has 0 fully saturated rings. The van der Waals surface area contributed by atoms with Gasteiger partial charge in [0.25, 0.3) is 0 Å². The van der Waals surface area contributed by atoms with Gasteiger partial charge in [0.1, 0.15) is 0 Å². The van der Waals surface area contributed by atoms with Crippen LogP contribution >= 0.6 is 0 Å². The summed E-state index contributed by atoms with van der Waals surface area (Å²) in [6.07, 6.45) is -1.50. The maximum atomic E-state index is 9.62. The summed E-state index contributed by atoms with van der Waals surface area (Å²) in [4.78, 5) is 0. The minimum Gasteiger partial charge on any atom is -0.367 e. The van der Waals surface area contributed by atoms with Crippen LogP contribution in [0.5, 0.6) is 0 Å². The van der Waals surface area contributed by atoms with E-state index in [2.05, 4.69) is 4.18 Å². The molecule has 0 spiro atoms. The molecular formula is C2H6O5S. The second-order valence-corrected chi connectivity index (χ2v) is 2.17. The van der Waals surface area contributed by atoms with Gasteiger partial charge in [0.2, 0.25) is 0 Å². The van der Waals surface area contributed by atoms with Gasteiger partial charge in [-0.3, -0.25) is 4.55 Å². The van der Waals surface area contributed by atoms with E-state index in [4.69, 9.17) is 9.66 Å². The lowest BCUT2D eigenvalue weighted by atomic mass is 10.8. The molecule has 0 saturated carbocycles. The van der Waals surface area contributed by atoms with Crippen LogP contribution in [-0.4, -0.2) is 24.4 Å². The van der Waals surface area contributed by atoms with Crippen LogP contribution in [0.2, 0.25) is 0 Å². The van der Waals surface area contributed by atoms with Crippen molar-refractivity contribution in [2.24, 2.45) is 0 Å². The number of hydrogen-bond donors (Lipinski definition) is 2. The highest BCUT2D eigenvalue weighted by molar-refractivity contribution is 7.80.